The van der Waals surface area contributed by atoms with Crippen molar-refractivity contribution in [2.24, 2.45) is 23.7 Å². The number of allylic oxidation sites excluding steroid dienone is 3. The molecule has 3 aliphatic rings. The zero-order valence-electron chi connectivity index (χ0n) is 8.25. The average molecular weight is 243 g/mol. The van der Waals surface area contributed by atoms with Gasteiger partial charge in [0.2, 0.25) is 0 Å². The highest BCUT2D eigenvalue weighted by atomic mass is 35.5. The lowest BCUT2D eigenvalue weighted by Gasteiger charge is -2.29. The smallest absolute Gasteiger partial charge is 0.140 e. The molecule has 0 aromatic carbocycles. The fourth-order valence-electron chi connectivity index (χ4n) is 3.69. The first kappa shape index (κ1) is 9.92. The first-order chi connectivity index (χ1) is 7.20. The summed E-state index contributed by atoms with van der Waals surface area (Å²) in [6.45, 7) is 0. The minimum absolute atomic E-state index is 0.177. The molecule has 3 rings (SSSR count). The van der Waals surface area contributed by atoms with Gasteiger partial charge in [0.15, 0.2) is 0 Å². The van der Waals surface area contributed by atoms with Crippen LogP contribution in [0, 0.1) is 23.7 Å². The van der Waals surface area contributed by atoms with Crippen molar-refractivity contribution in [2.75, 3.05) is 0 Å². The number of rotatable bonds is 0. The Morgan fingerprint density at radius 2 is 2.00 bits per heavy atom. The molecule has 15 heavy (non-hydrogen) atoms. The molecule has 0 N–H and O–H groups in total. The molecule has 3 aliphatic carbocycles. The van der Waals surface area contributed by atoms with E-state index in [1.807, 2.05) is 6.08 Å². The first-order valence-corrected chi connectivity index (χ1v) is 6.20. The van der Waals surface area contributed by atoms with Crippen LogP contribution in [0.5, 0.6) is 0 Å². The molecule has 3 heteroatoms. The standard InChI is InChI=1S/C12H12Cl2O/c13-12(14)11-7-4-5-8(11)10-6(7)2-1-3-9(10)15/h1-2,6-8,10H,3-5H2/t6?,7-,8+,10?/m0/s1. The molecular weight excluding hydrogens is 231 g/mol. The summed E-state index contributed by atoms with van der Waals surface area (Å²) in [5.74, 6) is 1.71. The fraction of sp³-hybridized carbons (Fsp3) is 0.583. The number of hydrogen-bond donors (Lipinski definition) is 0. The largest absolute Gasteiger partial charge is 0.299 e. The lowest BCUT2D eigenvalue weighted by Crippen LogP contribution is -2.30. The maximum Gasteiger partial charge on any atom is 0.140 e. The van der Waals surface area contributed by atoms with Gasteiger partial charge in [-0.25, -0.2) is 0 Å². The lowest BCUT2D eigenvalue weighted by molar-refractivity contribution is -0.125. The third-order valence-corrected chi connectivity index (χ3v) is 4.60. The monoisotopic (exact) mass is 242 g/mol. The highest BCUT2D eigenvalue weighted by molar-refractivity contribution is 6.56. The quantitative estimate of drug-likeness (QED) is 0.595. The Morgan fingerprint density at radius 3 is 2.67 bits per heavy atom. The highest BCUT2D eigenvalue weighted by Gasteiger charge is 2.54. The molecule has 2 bridgehead atoms. The van der Waals surface area contributed by atoms with Gasteiger partial charge >= 0.3 is 0 Å². The number of carbonyl (C=O) groups excluding carboxylic acids is 1. The number of Topliss-reactive ketones (excluding diaryl/α,β-unsaturated/α-hetero) is 1. The summed E-state index contributed by atoms with van der Waals surface area (Å²) in [7, 11) is 0. The van der Waals surface area contributed by atoms with Crippen molar-refractivity contribution in [1.82, 2.24) is 0 Å². The molecule has 2 saturated carbocycles. The Hall–Kier alpha value is -0.270. The van der Waals surface area contributed by atoms with Crippen LogP contribution in [-0.2, 0) is 4.79 Å². The lowest BCUT2D eigenvalue weighted by atomic mass is 9.73. The van der Waals surface area contributed by atoms with Gasteiger partial charge < -0.3 is 0 Å². The van der Waals surface area contributed by atoms with Gasteiger partial charge in [0.25, 0.3) is 0 Å². The van der Waals surface area contributed by atoms with Crippen LogP contribution in [0.25, 0.3) is 0 Å². The summed E-state index contributed by atoms with van der Waals surface area (Å²) in [5.41, 5.74) is 1.16. The molecule has 4 atom stereocenters. The zero-order valence-corrected chi connectivity index (χ0v) is 9.76. The Bertz CT molecular complexity index is 379. The van der Waals surface area contributed by atoms with E-state index in [0.29, 0.717) is 34.4 Å². The van der Waals surface area contributed by atoms with Crippen LogP contribution >= 0.6 is 23.2 Å². The van der Waals surface area contributed by atoms with Crippen molar-refractivity contribution in [2.45, 2.75) is 19.3 Å². The maximum absolute atomic E-state index is 11.9. The van der Waals surface area contributed by atoms with Crippen LogP contribution < -0.4 is 0 Å². The van der Waals surface area contributed by atoms with Crippen LogP contribution in [-0.4, -0.2) is 5.78 Å². The van der Waals surface area contributed by atoms with Crippen molar-refractivity contribution in [3.05, 3.63) is 22.2 Å². The van der Waals surface area contributed by atoms with E-state index < -0.39 is 0 Å². The second kappa shape index (κ2) is 3.36. The summed E-state index contributed by atoms with van der Waals surface area (Å²) in [6, 6.07) is 0. The first-order valence-electron chi connectivity index (χ1n) is 5.44. The molecule has 2 fully saturated rings. The Morgan fingerprint density at radius 1 is 1.27 bits per heavy atom. The minimum Gasteiger partial charge on any atom is -0.299 e. The molecule has 2 unspecified atom stereocenters. The van der Waals surface area contributed by atoms with Crippen molar-refractivity contribution < 1.29 is 4.79 Å². The Balaban J connectivity index is 2.08. The van der Waals surface area contributed by atoms with E-state index in [1.54, 1.807) is 0 Å². The molecular formula is C12H12Cl2O. The molecule has 80 valence electrons. The molecule has 0 amide bonds. The Kier molecular flexibility index (Phi) is 2.22. The molecule has 1 nitrogen and oxygen atoms in total. The van der Waals surface area contributed by atoms with Gasteiger partial charge in [-0.1, -0.05) is 35.4 Å². The van der Waals surface area contributed by atoms with Gasteiger partial charge in [0, 0.05) is 12.3 Å². The molecule has 0 radical (unpaired) electrons. The van der Waals surface area contributed by atoms with Crippen LogP contribution in [0.4, 0.5) is 0 Å². The highest BCUT2D eigenvalue weighted by Crippen LogP contribution is 2.59. The molecule has 0 aromatic rings. The summed E-state index contributed by atoms with van der Waals surface area (Å²) in [5, 5.41) is 0. The van der Waals surface area contributed by atoms with Crippen molar-refractivity contribution >= 4 is 29.0 Å². The van der Waals surface area contributed by atoms with Crippen molar-refractivity contribution in [3.63, 3.8) is 0 Å². The number of carbonyl (C=O) groups is 1. The van der Waals surface area contributed by atoms with Crippen molar-refractivity contribution in [3.8, 4) is 0 Å². The minimum atomic E-state index is 0.177. The second-order valence-corrected chi connectivity index (χ2v) is 5.66. The Labute approximate surface area is 99.1 Å². The number of hydrogen-bond acceptors (Lipinski definition) is 1. The summed E-state index contributed by atoms with van der Waals surface area (Å²) in [6.07, 6.45) is 7.03. The van der Waals surface area contributed by atoms with Crippen LogP contribution in [0.15, 0.2) is 22.2 Å². The summed E-state index contributed by atoms with van der Waals surface area (Å²) >= 11 is 11.9. The molecule has 0 aliphatic heterocycles. The van der Waals surface area contributed by atoms with Gasteiger partial charge in [0.05, 0.1) is 0 Å². The van der Waals surface area contributed by atoms with E-state index in [-0.39, 0.29) is 5.92 Å². The van der Waals surface area contributed by atoms with Gasteiger partial charge in [-0.15, -0.1) is 0 Å². The number of fused-ring (bicyclic) bond motifs is 5. The normalized spacial score (nSPS) is 42.3. The van der Waals surface area contributed by atoms with Crippen LogP contribution in [0.1, 0.15) is 19.3 Å². The summed E-state index contributed by atoms with van der Waals surface area (Å²) in [4.78, 5) is 11.9. The molecule has 0 heterocycles. The van der Waals surface area contributed by atoms with E-state index in [0.717, 1.165) is 18.4 Å². The van der Waals surface area contributed by atoms with E-state index >= 15 is 0 Å². The van der Waals surface area contributed by atoms with Gasteiger partial charge in [-0.3, -0.25) is 4.79 Å². The van der Waals surface area contributed by atoms with Crippen LogP contribution in [0.3, 0.4) is 0 Å². The van der Waals surface area contributed by atoms with E-state index in [4.69, 9.17) is 23.2 Å². The average Bonchev–Trinajstić information content (AvgIpc) is 2.73. The topological polar surface area (TPSA) is 17.1 Å². The van der Waals surface area contributed by atoms with Crippen LogP contribution in [0.2, 0.25) is 0 Å². The molecule has 0 aromatic heterocycles. The van der Waals surface area contributed by atoms with Gasteiger partial charge in [-0.2, -0.15) is 0 Å². The van der Waals surface area contributed by atoms with E-state index in [1.165, 1.54) is 0 Å². The fourth-order valence-corrected chi connectivity index (χ4v) is 4.25. The second-order valence-electron chi connectivity index (χ2n) is 4.71. The zero-order chi connectivity index (χ0) is 10.6. The van der Waals surface area contributed by atoms with E-state index in [9.17, 15) is 4.79 Å². The predicted molar refractivity (Wildman–Crippen MR) is 60.7 cm³/mol. The summed E-state index contributed by atoms with van der Waals surface area (Å²) < 4.78 is 0.415. The SMILES string of the molecule is O=C1CC=CC2C1[C@H]1CC[C@@H]2C1=C(Cl)Cl. The molecule has 0 spiro atoms. The van der Waals surface area contributed by atoms with Gasteiger partial charge in [-0.05, 0) is 36.2 Å². The maximum atomic E-state index is 11.9. The third kappa shape index (κ3) is 1.26. The number of halogens is 2. The van der Waals surface area contributed by atoms with Gasteiger partial charge in [0.1, 0.15) is 10.3 Å². The third-order valence-electron chi connectivity index (χ3n) is 4.17. The van der Waals surface area contributed by atoms with Crippen molar-refractivity contribution in [1.29, 1.82) is 0 Å². The predicted octanol–water partition coefficient (Wildman–Crippen LogP) is 3.48. The number of ketones is 1. The van der Waals surface area contributed by atoms with E-state index in [2.05, 4.69) is 6.08 Å². The molecule has 0 saturated heterocycles.